The van der Waals surface area contributed by atoms with Gasteiger partial charge in [-0.2, -0.15) is 0 Å². The van der Waals surface area contributed by atoms with Gasteiger partial charge >= 0.3 is 0 Å². The van der Waals surface area contributed by atoms with Crippen molar-refractivity contribution in [3.63, 3.8) is 0 Å². The van der Waals surface area contributed by atoms with Crippen molar-refractivity contribution >= 4 is 0 Å². The Kier molecular flexibility index (Phi) is 3.27. The summed E-state index contributed by atoms with van der Waals surface area (Å²) in [7, 11) is 0. The molecule has 2 nitrogen and oxygen atoms in total. The van der Waals surface area contributed by atoms with Crippen molar-refractivity contribution in [3.8, 4) is 0 Å². The van der Waals surface area contributed by atoms with Gasteiger partial charge in [0.1, 0.15) is 0 Å². The number of hydrogen-bond acceptors (Lipinski definition) is 2. The fourth-order valence-corrected chi connectivity index (χ4v) is 2.28. The molecular formula is C13H22N2. The molecule has 1 fully saturated rings. The molecule has 0 radical (unpaired) electrons. The molecule has 1 aliphatic heterocycles. The zero-order valence-electron chi connectivity index (χ0n) is 9.87. The molecule has 1 aliphatic carbocycles. The van der Waals surface area contributed by atoms with Gasteiger partial charge in [-0.3, -0.25) is 10.2 Å². The van der Waals surface area contributed by atoms with Crippen LogP contribution in [0.1, 0.15) is 26.7 Å². The normalized spacial score (nSPS) is 36.3. The van der Waals surface area contributed by atoms with E-state index in [2.05, 4.69) is 48.4 Å². The van der Waals surface area contributed by atoms with Crippen LogP contribution in [0.3, 0.4) is 0 Å². The Balaban J connectivity index is 1.86. The molecule has 0 aromatic rings. The Morgan fingerprint density at radius 3 is 2.73 bits per heavy atom. The van der Waals surface area contributed by atoms with Crippen molar-refractivity contribution in [1.29, 1.82) is 0 Å². The minimum Gasteiger partial charge on any atom is -0.295 e. The summed E-state index contributed by atoms with van der Waals surface area (Å²) in [5.74, 6) is 0.574. The highest BCUT2D eigenvalue weighted by Gasteiger charge is 2.28. The molecule has 15 heavy (non-hydrogen) atoms. The van der Waals surface area contributed by atoms with E-state index in [4.69, 9.17) is 0 Å². The Hall–Kier alpha value is -0.600. The first-order valence-electron chi connectivity index (χ1n) is 6.04. The van der Waals surface area contributed by atoms with E-state index in [0.717, 1.165) is 6.67 Å². The summed E-state index contributed by atoms with van der Waals surface area (Å²) in [6.45, 7) is 8.11. The standard InChI is InChI=1S/C13H22N2/c1-12-7-3-4-8-13(12,2)14-11-15-9-5-6-10-15/h3-4,7-8,12,14H,5-6,9-11H2,1-2H3. The maximum atomic E-state index is 3.68. The third kappa shape index (κ3) is 2.50. The van der Waals surface area contributed by atoms with Gasteiger partial charge in [-0.1, -0.05) is 31.2 Å². The molecule has 0 spiro atoms. The van der Waals surface area contributed by atoms with Crippen molar-refractivity contribution in [2.24, 2.45) is 5.92 Å². The van der Waals surface area contributed by atoms with Gasteiger partial charge in [0.2, 0.25) is 0 Å². The van der Waals surface area contributed by atoms with Crippen molar-refractivity contribution in [1.82, 2.24) is 10.2 Å². The van der Waals surface area contributed by atoms with Crippen LogP contribution in [0.15, 0.2) is 24.3 Å². The van der Waals surface area contributed by atoms with Gasteiger partial charge in [0, 0.05) is 12.2 Å². The lowest BCUT2D eigenvalue weighted by molar-refractivity contribution is 0.244. The molecule has 2 unspecified atom stereocenters. The summed E-state index contributed by atoms with van der Waals surface area (Å²) in [5.41, 5.74) is 0.136. The van der Waals surface area contributed by atoms with E-state index < -0.39 is 0 Å². The lowest BCUT2D eigenvalue weighted by atomic mass is 9.84. The third-order valence-electron chi connectivity index (χ3n) is 3.78. The van der Waals surface area contributed by atoms with Gasteiger partial charge in [0.25, 0.3) is 0 Å². The molecule has 0 saturated carbocycles. The largest absolute Gasteiger partial charge is 0.295 e. The van der Waals surface area contributed by atoms with E-state index >= 15 is 0 Å². The van der Waals surface area contributed by atoms with Crippen LogP contribution in [-0.4, -0.2) is 30.2 Å². The smallest absolute Gasteiger partial charge is 0.0487 e. The molecule has 84 valence electrons. The second-order valence-corrected chi connectivity index (χ2v) is 4.98. The number of likely N-dealkylation sites (tertiary alicyclic amines) is 1. The Bertz CT molecular complexity index is 264. The number of rotatable bonds is 3. The van der Waals surface area contributed by atoms with Gasteiger partial charge in [0.15, 0.2) is 0 Å². The van der Waals surface area contributed by atoms with E-state index in [-0.39, 0.29) is 5.54 Å². The maximum absolute atomic E-state index is 3.68. The van der Waals surface area contributed by atoms with Crippen LogP contribution in [-0.2, 0) is 0 Å². The van der Waals surface area contributed by atoms with E-state index in [0.29, 0.717) is 5.92 Å². The molecule has 2 rings (SSSR count). The predicted molar refractivity (Wildman–Crippen MR) is 64.7 cm³/mol. The van der Waals surface area contributed by atoms with Gasteiger partial charge in [0.05, 0.1) is 0 Å². The van der Waals surface area contributed by atoms with Crippen LogP contribution in [0.5, 0.6) is 0 Å². The predicted octanol–water partition coefficient (Wildman–Crippen LogP) is 2.15. The average molecular weight is 206 g/mol. The van der Waals surface area contributed by atoms with Crippen LogP contribution in [0.4, 0.5) is 0 Å². The lowest BCUT2D eigenvalue weighted by Crippen LogP contribution is -2.50. The second kappa shape index (κ2) is 4.50. The number of nitrogens with zero attached hydrogens (tertiary/aromatic N) is 1. The fraction of sp³-hybridized carbons (Fsp3) is 0.692. The molecule has 0 aromatic heterocycles. The van der Waals surface area contributed by atoms with Crippen LogP contribution in [0.2, 0.25) is 0 Å². The van der Waals surface area contributed by atoms with E-state index in [1.54, 1.807) is 0 Å². The van der Waals surface area contributed by atoms with Gasteiger partial charge in [-0.05, 0) is 38.8 Å². The topological polar surface area (TPSA) is 15.3 Å². The van der Waals surface area contributed by atoms with Crippen LogP contribution < -0.4 is 5.32 Å². The monoisotopic (exact) mass is 206 g/mol. The lowest BCUT2D eigenvalue weighted by Gasteiger charge is -2.35. The van der Waals surface area contributed by atoms with Gasteiger partial charge in [-0.25, -0.2) is 0 Å². The molecule has 2 atom stereocenters. The Morgan fingerprint density at radius 2 is 2.07 bits per heavy atom. The minimum atomic E-state index is 0.136. The summed E-state index contributed by atoms with van der Waals surface area (Å²) >= 11 is 0. The van der Waals surface area contributed by atoms with Crippen LogP contribution in [0, 0.1) is 5.92 Å². The van der Waals surface area contributed by atoms with Crippen LogP contribution >= 0.6 is 0 Å². The first-order chi connectivity index (χ1) is 7.21. The zero-order chi connectivity index (χ0) is 10.7. The van der Waals surface area contributed by atoms with Crippen molar-refractivity contribution < 1.29 is 0 Å². The summed E-state index contributed by atoms with van der Waals surface area (Å²) < 4.78 is 0. The Morgan fingerprint density at radius 1 is 1.33 bits per heavy atom. The maximum Gasteiger partial charge on any atom is 0.0487 e. The first-order valence-corrected chi connectivity index (χ1v) is 6.04. The van der Waals surface area contributed by atoms with Crippen LogP contribution in [0.25, 0.3) is 0 Å². The average Bonchev–Trinajstić information content (AvgIpc) is 2.73. The van der Waals surface area contributed by atoms with E-state index in [1.807, 2.05) is 0 Å². The van der Waals surface area contributed by atoms with E-state index in [1.165, 1.54) is 25.9 Å². The number of nitrogens with one attached hydrogen (secondary N) is 1. The quantitative estimate of drug-likeness (QED) is 0.761. The number of hydrogen-bond donors (Lipinski definition) is 1. The summed E-state index contributed by atoms with van der Waals surface area (Å²) in [6, 6.07) is 0. The summed E-state index contributed by atoms with van der Waals surface area (Å²) in [6.07, 6.45) is 11.6. The Labute approximate surface area is 93.0 Å². The first kappa shape index (κ1) is 10.9. The van der Waals surface area contributed by atoms with Gasteiger partial charge < -0.3 is 0 Å². The molecule has 1 heterocycles. The van der Waals surface area contributed by atoms with Crippen molar-refractivity contribution in [3.05, 3.63) is 24.3 Å². The summed E-state index contributed by atoms with van der Waals surface area (Å²) in [4.78, 5) is 2.50. The minimum absolute atomic E-state index is 0.136. The molecular weight excluding hydrogens is 184 g/mol. The molecule has 2 aliphatic rings. The third-order valence-corrected chi connectivity index (χ3v) is 3.78. The molecule has 0 amide bonds. The second-order valence-electron chi connectivity index (χ2n) is 4.98. The number of allylic oxidation sites excluding steroid dienone is 2. The molecule has 0 aromatic carbocycles. The highest BCUT2D eigenvalue weighted by Crippen LogP contribution is 2.23. The fourth-order valence-electron chi connectivity index (χ4n) is 2.28. The van der Waals surface area contributed by atoms with E-state index in [9.17, 15) is 0 Å². The van der Waals surface area contributed by atoms with Crippen molar-refractivity contribution in [2.75, 3.05) is 19.8 Å². The highest BCUT2D eigenvalue weighted by atomic mass is 15.2. The van der Waals surface area contributed by atoms with Crippen molar-refractivity contribution in [2.45, 2.75) is 32.2 Å². The molecule has 0 bridgehead atoms. The van der Waals surface area contributed by atoms with Gasteiger partial charge in [-0.15, -0.1) is 0 Å². The molecule has 1 saturated heterocycles. The SMILES string of the molecule is CC1C=CC=CC1(C)NCN1CCCC1. The highest BCUT2D eigenvalue weighted by molar-refractivity contribution is 5.22. The zero-order valence-corrected chi connectivity index (χ0v) is 9.87. The molecule has 1 N–H and O–H groups in total. The summed E-state index contributed by atoms with van der Waals surface area (Å²) in [5, 5.41) is 3.68. The molecule has 2 heteroatoms.